The molecule has 0 atom stereocenters. The van der Waals surface area contributed by atoms with Crippen LogP contribution in [-0.4, -0.2) is 20.7 Å². The van der Waals surface area contributed by atoms with Crippen LogP contribution in [0.25, 0.3) is 11.3 Å². The van der Waals surface area contributed by atoms with Gasteiger partial charge in [0.05, 0.1) is 5.69 Å². The number of nitrogens with one attached hydrogen (secondary N) is 1. The summed E-state index contributed by atoms with van der Waals surface area (Å²) in [6.07, 6.45) is 0.759. The SMILES string of the molecule is CCCn1nc(C(=O)Nc2nc(-c3ccc(Cl)cc3)cs2)ccc1=O. The molecule has 0 spiro atoms. The van der Waals surface area contributed by atoms with E-state index in [-0.39, 0.29) is 11.3 Å². The van der Waals surface area contributed by atoms with Gasteiger partial charge in [-0.1, -0.05) is 30.7 Å². The summed E-state index contributed by atoms with van der Waals surface area (Å²) in [7, 11) is 0. The van der Waals surface area contributed by atoms with E-state index in [2.05, 4.69) is 15.4 Å². The molecule has 0 bridgehead atoms. The normalized spacial score (nSPS) is 10.6. The van der Waals surface area contributed by atoms with E-state index >= 15 is 0 Å². The summed E-state index contributed by atoms with van der Waals surface area (Å²) in [5, 5.41) is 9.77. The third-order valence-electron chi connectivity index (χ3n) is 3.40. The molecule has 1 N–H and O–H groups in total. The maximum atomic E-state index is 12.3. The van der Waals surface area contributed by atoms with Gasteiger partial charge in [-0.25, -0.2) is 9.67 Å². The molecule has 1 amide bonds. The highest BCUT2D eigenvalue weighted by atomic mass is 35.5. The van der Waals surface area contributed by atoms with Gasteiger partial charge in [0.25, 0.3) is 11.5 Å². The molecule has 0 radical (unpaired) electrons. The first kappa shape index (κ1) is 17.3. The Kier molecular flexibility index (Phi) is 5.25. The number of hydrogen-bond donors (Lipinski definition) is 1. The van der Waals surface area contributed by atoms with Gasteiger partial charge in [0, 0.05) is 28.6 Å². The molecule has 0 saturated carbocycles. The van der Waals surface area contributed by atoms with Gasteiger partial charge < -0.3 is 0 Å². The molecule has 0 aliphatic rings. The van der Waals surface area contributed by atoms with Crippen molar-refractivity contribution in [1.82, 2.24) is 14.8 Å². The van der Waals surface area contributed by atoms with E-state index < -0.39 is 5.91 Å². The van der Waals surface area contributed by atoms with Crippen LogP contribution in [0.1, 0.15) is 23.8 Å². The molecule has 3 aromatic rings. The van der Waals surface area contributed by atoms with E-state index in [0.29, 0.717) is 16.7 Å². The van der Waals surface area contributed by atoms with Crippen molar-refractivity contribution in [2.24, 2.45) is 0 Å². The van der Waals surface area contributed by atoms with Crippen LogP contribution >= 0.6 is 22.9 Å². The predicted molar refractivity (Wildman–Crippen MR) is 99.3 cm³/mol. The first-order chi connectivity index (χ1) is 12.1. The van der Waals surface area contributed by atoms with Crippen LogP contribution in [0.5, 0.6) is 0 Å². The number of amides is 1. The van der Waals surface area contributed by atoms with Gasteiger partial charge in [-0.3, -0.25) is 14.9 Å². The molecule has 8 heteroatoms. The fraction of sp³-hybridized carbons (Fsp3) is 0.176. The number of carbonyl (C=O) groups excluding carboxylic acids is 1. The van der Waals surface area contributed by atoms with Gasteiger partial charge in [0.15, 0.2) is 5.13 Å². The summed E-state index contributed by atoms with van der Waals surface area (Å²) in [6.45, 7) is 2.41. The van der Waals surface area contributed by atoms with Crippen molar-refractivity contribution in [1.29, 1.82) is 0 Å². The number of aromatic nitrogens is 3. The minimum Gasteiger partial charge on any atom is -0.296 e. The molecule has 0 saturated heterocycles. The van der Waals surface area contributed by atoms with Crippen LogP contribution in [-0.2, 0) is 6.54 Å². The Morgan fingerprint density at radius 2 is 2.00 bits per heavy atom. The Hall–Kier alpha value is -2.51. The topological polar surface area (TPSA) is 76.9 Å². The van der Waals surface area contributed by atoms with E-state index in [1.807, 2.05) is 24.4 Å². The minimum absolute atomic E-state index is 0.177. The van der Waals surface area contributed by atoms with E-state index in [4.69, 9.17) is 11.6 Å². The second kappa shape index (κ2) is 7.58. The number of aryl methyl sites for hydroxylation is 1. The lowest BCUT2D eigenvalue weighted by Gasteiger charge is -2.05. The summed E-state index contributed by atoms with van der Waals surface area (Å²) in [6, 6.07) is 10.1. The van der Waals surface area contributed by atoms with Crippen LogP contribution in [0, 0.1) is 0 Å². The predicted octanol–water partition coefficient (Wildman–Crippen LogP) is 3.68. The maximum absolute atomic E-state index is 12.3. The molecule has 2 aromatic heterocycles. The van der Waals surface area contributed by atoms with Crippen LogP contribution in [0.15, 0.2) is 46.6 Å². The molecule has 3 rings (SSSR count). The van der Waals surface area contributed by atoms with Gasteiger partial charge >= 0.3 is 0 Å². The van der Waals surface area contributed by atoms with E-state index in [1.54, 1.807) is 12.1 Å². The molecular formula is C17H15ClN4O2S. The molecule has 0 aliphatic heterocycles. The lowest BCUT2D eigenvalue weighted by atomic mass is 10.2. The maximum Gasteiger partial charge on any atom is 0.277 e. The van der Waals surface area contributed by atoms with Gasteiger partial charge in [-0.05, 0) is 24.6 Å². The Morgan fingerprint density at radius 3 is 2.72 bits per heavy atom. The molecule has 25 heavy (non-hydrogen) atoms. The van der Waals surface area contributed by atoms with Crippen molar-refractivity contribution in [3.8, 4) is 11.3 Å². The number of halogens is 1. The third kappa shape index (κ3) is 4.12. The Bertz CT molecular complexity index is 950. The average Bonchev–Trinajstić information content (AvgIpc) is 3.06. The number of thiazole rings is 1. The van der Waals surface area contributed by atoms with Crippen molar-refractivity contribution >= 4 is 34.0 Å². The molecule has 1 aromatic carbocycles. The van der Waals surface area contributed by atoms with E-state index in [1.165, 1.54) is 28.2 Å². The van der Waals surface area contributed by atoms with Gasteiger partial charge in [-0.2, -0.15) is 5.10 Å². The van der Waals surface area contributed by atoms with Crippen molar-refractivity contribution in [3.05, 3.63) is 62.8 Å². The highest BCUT2D eigenvalue weighted by Gasteiger charge is 2.12. The Labute approximate surface area is 153 Å². The summed E-state index contributed by atoms with van der Waals surface area (Å²) in [4.78, 5) is 28.4. The number of rotatable bonds is 5. The Morgan fingerprint density at radius 1 is 1.24 bits per heavy atom. The quantitative estimate of drug-likeness (QED) is 0.739. The zero-order chi connectivity index (χ0) is 17.8. The van der Waals surface area contributed by atoms with Crippen LogP contribution in [0.4, 0.5) is 5.13 Å². The molecule has 128 valence electrons. The highest BCUT2D eigenvalue weighted by molar-refractivity contribution is 7.14. The fourth-order valence-corrected chi connectivity index (χ4v) is 3.03. The van der Waals surface area contributed by atoms with Crippen molar-refractivity contribution < 1.29 is 4.79 Å². The largest absolute Gasteiger partial charge is 0.296 e. The van der Waals surface area contributed by atoms with E-state index in [0.717, 1.165) is 17.7 Å². The van der Waals surface area contributed by atoms with Crippen LogP contribution in [0.3, 0.4) is 0 Å². The van der Waals surface area contributed by atoms with Crippen LogP contribution in [0.2, 0.25) is 5.02 Å². The monoisotopic (exact) mass is 374 g/mol. The fourth-order valence-electron chi connectivity index (χ4n) is 2.19. The molecule has 6 nitrogen and oxygen atoms in total. The molecule has 0 fully saturated rings. The number of nitrogens with zero attached hydrogens (tertiary/aromatic N) is 3. The molecule has 2 heterocycles. The second-order valence-electron chi connectivity index (χ2n) is 5.28. The van der Waals surface area contributed by atoms with E-state index in [9.17, 15) is 9.59 Å². The van der Waals surface area contributed by atoms with Gasteiger partial charge in [0.2, 0.25) is 0 Å². The minimum atomic E-state index is -0.401. The molecular weight excluding hydrogens is 360 g/mol. The first-order valence-corrected chi connectivity index (χ1v) is 8.93. The van der Waals surface area contributed by atoms with Gasteiger partial charge in [-0.15, -0.1) is 11.3 Å². The average molecular weight is 375 g/mol. The number of benzene rings is 1. The van der Waals surface area contributed by atoms with Crippen molar-refractivity contribution in [2.45, 2.75) is 19.9 Å². The zero-order valence-corrected chi connectivity index (χ0v) is 15.0. The van der Waals surface area contributed by atoms with Gasteiger partial charge in [0.1, 0.15) is 5.69 Å². The summed E-state index contributed by atoms with van der Waals surface area (Å²) in [5.41, 5.74) is 1.62. The second-order valence-corrected chi connectivity index (χ2v) is 6.57. The lowest BCUT2D eigenvalue weighted by molar-refractivity contribution is 0.101. The number of anilines is 1. The third-order valence-corrected chi connectivity index (χ3v) is 4.41. The summed E-state index contributed by atoms with van der Waals surface area (Å²) < 4.78 is 1.29. The number of carbonyl (C=O) groups is 1. The standard InChI is InChI=1S/C17H15ClN4O2S/c1-2-9-22-15(23)8-7-13(21-22)16(24)20-17-19-14(10-25-17)11-3-5-12(18)6-4-11/h3-8,10H,2,9H2,1H3,(H,19,20,24). The van der Waals surface area contributed by atoms with Crippen molar-refractivity contribution in [3.63, 3.8) is 0 Å². The number of hydrogen-bond acceptors (Lipinski definition) is 5. The molecule has 0 aliphatic carbocycles. The smallest absolute Gasteiger partial charge is 0.277 e. The highest BCUT2D eigenvalue weighted by Crippen LogP contribution is 2.26. The first-order valence-electron chi connectivity index (χ1n) is 7.68. The Balaban J connectivity index is 1.76. The zero-order valence-electron chi connectivity index (χ0n) is 13.4. The summed E-state index contributed by atoms with van der Waals surface area (Å²) in [5.74, 6) is -0.401. The lowest BCUT2D eigenvalue weighted by Crippen LogP contribution is -2.26. The molecule has 0 unspecified atom stereocenters. The van der Waals surface area contributed by atoms with Crippen molar-refractivity contribution in [2.75, 3.05) is 5.32 Å². The summed E-state index contributed by atoms with van der Waals surface area (Å²) >= 11 is 7.20. The van der Waals surface area contributed by atoms with Crippen LogP contribution < -0.4 is 10.9 Å².